The van der Waals surface area contributed by atoms with Crippen molar-refractivity contribution in [3.63, 3.8) is 0 Å². The third-order valence-corrected chi connectivity index (χ3v) is 4.14. The van der Waals surface area contributed by atoms with Gasteiger partial charge in [0.2, 0.25) is 11.8 Å². The third-order valence-electron chi connectivity index (χ3n) is 4.14. The molecule has 0 saturated carbocycles. The lowest BCUT2D eigenvalue weighted by Crippen LogP contribution is -2.23. The monoisotopic (exact) mass is 346 g/mol. The molecule has 0 aliphatic rings. The number of carbonyl (C=O) groups excluding carboxylic acids is 1. The van der Waals surface area contributed by atoms with E-state index in [1.807, 2.05) is 74.5 Å². The summed E-state index contributed by atoms with van der Waals surface area (Å²) in [5.74, 6) is 1.30. The van der Waals surface area contributed by atoms with Crippen molar-refractivity contribution in [2.24, 2.45) is 0 Å². The van der Waals surface area contributed by atoms with Gasteiger partial charge in [0.1, 0.15) is 5.75 Å². The van der Waals surface area contributed by atoms with Gasteiger partial charge in [-0.05, 0) is 43.2 Å². The summed E-state index contributed by atoms with van der Waals surface area (Å²) in [6.07, 6.45) is 1.80. The molecule has 0 fully saturated rings. The maximum Gasteiger partial charge on any atom is 0.219 e. The van der Waals surface area contributed by atoms with Crippen molar-refractivity contribution in [2.45, 2.75) is 26.8 Å². The lowest BCUT2D eigenvalue weighted by molar-refractivity contribution is -0.119. The van der Waals surface area contributed by atoms with Crippen molar-refractivity contribution < 1.29 is 9.53 Å². The number of hydrogen-bond acceptors (Lipinski definition) is 3. The van der Waals surface area contributed by atoms with Gasteiger partial charge in [0.25, 0.3) is 0 Å². The van der Waals surface area contributed by atoms with Crippen molar-refractivity contribution in [1.29, 1.82) is 0 Å². The summed E-state index contributed by atoms with van der Waals surface area (Å²) in [6.45, 7) is 5.53. The molecule has 4 heteroatoms. The van der Waals surface area contributed by atoms with E-state index in [1.54, 1.807) is 6.20 Å². The molecule has 1 N–H and O–H groups in total. The number of amides is 1. The van der Waals surface area contributed by atoms with Crippen LogP contribution in [0.4, 0.5) is 0 Å². The summed E-state index contributed by atoms with van der Waals surface area (Å²) in [4.78, 5) is 15.6. The first-order chi connectivity index (χ1) is 12.5. The minimum absolute atomic E-state index is 0.00930. The molecular weight excluding hydrogens is 324 g/mol. The fraction of sp³-hybridized carbons (Fsp3) is 0.182. The van der Waals surface area contributed by atoms with Crippen LogP contribution in [-0.4, -0.2) is 10.9 Å². The Balaban J connectivity index is 1.70. The van der Waals surface area contributed by atoms with Gasteiger partial charge in [0.05, 0.1) is 6.04 Å². The second-order valence-electron chi connectivity index (χ2n) is 6.34. The van der Waals surface area contributed by atoms with Gasteiger partial charge in [-0.3, -0.25) is 4.79 Å². The van der Waals surface area contributed by atoms with E-state index in [1.165, 1.54) is 12.5 Å². The molecule has 0 aliphatic carbocycles. The fourth-order valence-electron chi connectivity index (χ4n) is 2.69. The Morgan fingerprint density at radius 2 is 1.62 bits per heavy atom. The van der Waals surface area contributed by atoms with Crippen molar-refractivity contribution in [2.75, 3.05) is 0 Å². The average molecular weight is 346 g/mol. The molecule has 0 radical (unpaired) electrons. The molecule has 132 valence electrons. The summed E-state index contributed by atoms with van der Waals surface area (Å²) in [5, 5.41) is 2.88. The predicted molar refractivity (Wildman–Crippen MR) is 103 cm³/mol. The smallest absolute Gasteiger partial charge is 0.219 e. The van der Waals surface area contributed by atoms with Gasteiger partial charge >= 0.3 is 0 Å². The minimum atomic E-state index is -0.0325. The van der Waals surface area contributed by atoms with Crippen LogP contribution in [0.1, 0.15) is 31.0 Å². The number of benzene rings is 2. The maximum absolute atomic E-state index is 11.2. The van der Waals surface area contributed by atoms with Crippen LogP contribution >= 0.6 is 0 Å². The molecule has 1 amide bonds. The van der Waals surface area contributed by atoms with Crippen LogP contribution in [0.3, 0.4) is 0 Å². The number of ether oxygens (including phenoxy) is 1. The SMILES string of the molecule is CC(=O)NC(C)c1ccc(-c2ccc(Oc3ccc(C)cc3)nc2)cc1. The van der Waals surface area contributed by atoms with E-state index >= 15 is 0 Å². The highest BCUT2D eigenvalue weighted by molar-refractivity contribution is 5.73. The number of aromatic nitrogens is 1. The molecule has 0 aliphatic heterocycles. The Hall–Kier alpha value is -3.14. The fourth-order valence-corrected chi connectivity index (χ4v) is 2.69. The Morgan fingerprint density at radius 3 is 2.19 bits per heavy atom. The van der Waals surface area contributed by atoms with Gasteiger partial charge in [-0.15, -0.1) is 0 Å². The Morgan fingerprint density at radius 1 is 0.962 bits per heavy atom. The van der Waals surface area contributed by atoms with Crippen LogP contribution in [-0.2, 0) is 4.79 Å². The summed E-state index contributed by atoms with van der Waals surface area (Å²) in [6, 6.07) is 19.8. The highest BCUT2D eigenvalue weighted by Gasteiger charge is 2.07. The predicted octanol–water partition coefficient (Wildman–Crippen LogP) is 5.05. The highest BCUT2D eigenvalue weighted by atomic mass is 16.5. The zero-order chi connectivity index (χ0) is 18.5. The number of nitrogens with zero attached hydrogens (tertiary/aromatic N) is 1. The van der Waals surface area contributed by atoms with Crippen LogP contribution in [0.2, 0.25) is 0 Å². The van der Waals surface area contributed by atoms with Crippen LogP contribution in [0.25, 0.3) is 11.1 Å². The summed E-state index contributed by atoms with van der Waals surface area (Å²) >= 11 is 0. The van der Waals surface area contributed by atoms with E-state index in [9.17, 15) is 4.79 Å². The van der Waals surface area contributed by atoms with Crippen LogP contribution < -0.4 is 10.1 Å². The quantitative estimate of drug-likeness (QED) is 0.703. The summed E-state index contributed by atoms with van der Waals surface area (Å²) in [7, 11) is 0. The zero-order valence-corrected chi connectivity index (χ0v) is 15.2. The molecule has 0 saturated heterocycles. The molecule has 3 aromatic rings. The topological polar surface area (TPSA) is 51.2 Å². The Bertz CT molecular complexity index is 870. The number of carbonyl (C=O) groups is 1. The van der Waals surface area contributed by atoms with E-state index in [-0.39, 0.29) is 11.9 Å². The first-order valence-electron chi connectivity index (χ1n) is 8.59. The van der Waals surface area contributed by atoms with Crippen molar-refractivity contribution in [3.05, 3.63) is 78.0 Å². The molecule has 3 rings (SSSR count). The standard InChI is InChI=1S/C22H22N2O2/c1-15-4-11-21(12-5-15)26-22-13-10-20(14-23-22)19-8-6-18(7-9-19)16(2)24-17(3)25/h4-14,16H,1-3H3,(H,24,25). The van der Waals surface area contributed by atoms with E-state index in [0.29, 0.717) is 5.88 Å². The molecular formula is C22H22N2O2. The number of nitrogens with one attached hydrogen (secondary N) is 1. The van der Waals surface area contributed by atoms with Crippen molar-refractivity contribution >= 4 is 5.91 Å². The van der Waals surface area contributed by atoms with Gasteiger partial charge < -0.3 is 10.1 Å². The molecule has 1 unspecified atom stereocenters. The minimum Gasteiger partial charge on any atom is -0.439 e. The van der Waals surface area contributed by atoms with Gasteiger partial charge in [0, 0.05) is 24.8 Å². The van der Waals surface area contributed by atoms with Crippen molar-refractivity contribution in [3.8, 4) is 22.8 Å². The van der Waals surface area contributed by atoms with E-state index in [0.717, 1.165) is 22.4 Å². The number of hydrogen-bond donors (Lipinski definition) is 1. The molecule has 4 nitrogen and oxygen atoms in total. The highest BCUT2D eigenvalue weighted by Crippen LogP contribution is 2.25. The van der Waals surface area contributed by atoms with Crippen molar-refractivity contribution in [1.82, 2.24) is 10.3 Å². The number of aryl methyl sites for hydroxylation is 1. The molecule has 1 aromatic heterocycles. The van der Waals surface area contributed by atoms with Crippen LogP contribution in [0, 0.1) is 6.92 Å². The Kier molecular flexibility index (Phi) is 5.32. The van der Waals surface area contributed by atoms with Gasteiger partial charge in [0.15, 0.2) is 0 Å². The molecule has 0 bridgehead atoms. The van der Waals surface area contributed by atoms with Gasteiger partial charge in [-0.2, -0.15) is 0 Å². The largest absolute Gasteiger partial charge is 0.439 e. The molecule has 26 heavy (non-hydrogen) atoms. The number of rotatable bonds is 5. The first-order valence-corrected chi connectivity index (χ1v) is 8.59. The third kappa shape index (κ3) is 4.48. The van der Waals surface area contributed by atoms with E-state index in [4.69, 9.17) is 4.74 Å². The zero-order valence-electron chi connectivity index (χ0n) is 15.2. The lowest BCUT2D eigenvalue weighted by atomic mass is 10.0. The normalized spacial score (nSPS) is 11.7. The van der Waals surface area contributed by atoms with Crippen LogP contribution in [0.15, 0.2) is 66.9 Å². The van der Waals surface area contributed by atoms with E-state index in [2.05, 4.69) is 10.3 Å². The molecule has 1 atom stereocenters. The Labute approximate surface area is 153 Å². The summed E-state index contributed by atoms with van der Waals surface area (Å²) < 4.78 is 5.76. The van der Waals surface area contributed by atoms with Gasteiger partial charge in [-0.1, -0.05) is 42.0 Å². The van der Waals surface area contributed by atoms with Crippen LogP contribution in [0.5, 0.6) is 11.6 Å². The molecule has 2 aromatic carbocycles. The van der Waals surface area contributed by atoms with E-state index < -0.39 is 0 Å². The lowest BCUT2D eigenvalue weighted by Gasteiger charge is -2.13. The maximum atomic E-state index is 11.2. The van der Waals surface area contributed by atoms with Gasteiger partial charge in [-0.25, -0.2) is 4.98 Å². The number of pyridine rings is 1. The second-order valence-corrected chi connectivity index (χ2v) is 6.34. The second kappa shape index (κ2) is 7.83. The average Bonchev–Trinajstić information content (AvgIpc) is 2.64. The molecule has 0 spiro atoms. The summed E-state index contributed by atoms with van der Waals surface area (Å²) in [5.41, 5.74) is 4.34. The first kappa shape index (κ1) is 17.7. The molecule has 1 heterocycles.